The van der Waals surface area contributed by atoms with Crippen LogP contribution in [0.5, 0.6) is 5.75 Å². The van der Waals surface area contributed by atoms with Gasteiger partial charge < -0.3 is 15.4 Å². The second kappa shape index (κ2) is 6.83. The summed E-state index contributed by atoms with van der Waals surface area (Å²) >= 11 is 0. The lowest BCUT2D eigenvalue weighted by atomic mass is 10.1. The molecule has 4 heteroatoms. The lowest BCUT2D eigenvalue weighted by Gasteiger charge is -2.21. The second-order valence-corrected chi connectivity index (χ2v) is 4.46. The Morgan fingerprint density at radius 1 is 1.42 bits per heavy atom. The van der Waals surface area contributed by atoms with E-state index in [9.17, 15) is 4.79 Å². The quantitative estimate of drug-likeness (QED) is 0.633. The van der Waals surface area contributed by atoms with Crippen LogP contribution in [0.25, 0.3) is 0 Å². The minimum absolute atomic E-state index is 0.0414. The van der Waals surface area contributed by atoms with E-state index in [1.807, 2.05) is 20.8 Å². The predicted molar refractivity (Wildman–Crippen MR) is 78.4 cm³/mol. The molecule has 19 heavy (non-hydrogen) atoms. The molecule has 0 saturated carbocycles. The van der Waals surface area contributed by atoms with Crippen molar-refractivity contribution in [2.24, 2.45) is 0 Å². The van der Waals surface area contributed by atoms with Gasteiger partial charge in [-0.2, -0.15) is 0 Å². The van der Waals surface area contributed by atoms with Gasteiger partial charge in [0.1, 0.15) is 5.75 Å². The van der Waals surface area contributed by atoms with Gasteiger partial charge in [0.2, 0.25) is 0 Å². The molecule has 0 unspecified atom stereocenters. The van der Waals surface area contributed by atoms with Crippen LogP contribution in [0.3, 0.4) is 0 Å². The Morgan fingerprint density at radius 2 is 2.11 bits per heavy atom. The van der Waals surface area contributed by atoms with Gasteiger partial charge in [0.15, 0.2) is 0 Å². The molecule has 0 saturated heterocycles. The van der Waals surface area contributed by atoms with Crippen molar-refractivity contribution in [3.8, 4) is 5.75 Å². The molecule has 104 valence electrons. The van der Waals surface area contributed by atoms with E-state index < -0.39 is 0 Å². The topological polar surface area (TPSA) is 55.6 Å². The van der Waals surface area contributed by atoms with Crippen LogP contribution in [0, 0.1) is 0 Å². The van der Waals surface area contributed by atoms with Crippen molar-refractivity contribution in [2.45, 2.75) is 20.8 Å². The first-order chi connectivity index (χ1) is 8.99. The average molecular weight is 262 g/mol. The summed E-state index contributed by atoms with van der Waals surface area (Å²) in [6.45, 7) is 11.3. The highest BCUT2D eigenvalue weighted by molar-refractivity contribution is 5.95. The van der Waals surface area contributed by atoms with Crippen LogP contribution in [0.4, 0.5) is 5.69 Å². The molecule has 0 fully saturated rings. The average Bonchev–Trinajstić information content (AvgIpc) is 2.37. The smallest absolute Gasteiger partial charge is 0.254 e. The van der Waals surface area contributed by atoms with Gasteiger partial charge in [-0.15, -0.1) is 0 Å². The van der Waals surface area contributed by atoms with Crippen LogP contribution < -0.4 is 10.5 Å². The number of hydrogen-bond acceptors (Lipinski definition) is 3. The number of nitrogen functional groups attached to an aromatic ring is 1. The van der Waals surface area contributed by atoms with Gasteiger partial charge in [0.05, 0.1) is 12.3 Å². The molecule has 1 aromatic rings. The fourth-order valence-electron chi connectivity index (χ4n) is 1.80. The first-order valence-corrected chi connectivity index (χ1v) is 6.45. The van der Waals surface area contributed by atoms with E-state index >= 15 is 0 Å². The Labute approximate surface area is 114 Å². The standard InChI is InChI=1S/C15H22N2O2/c1-5-17(10-11(3)4)15(18)12-7-8-14(19-6-2)13(16)9-12/h7-9H,3,5-6,10,16H2,1-2,4H3. The van der Waals surface area contributed by atoms with Crippen molar-refractivity contribution in [1.29, 1.82) is 0 Å². The summed E-state index contributed by atoms with van der Waals surface area (Å²) < 4.78 is 5.36. The van der Waals surface area contributed by atoms with Crippen molar-refractivity contribution < 1.29 is 9.53 Å². The number of nitrogens with zero attached hydrogens (tertiary/aromatic N) is 1. The lowest BCUT2D eigenvalue weighted by Crippen LogP contribution is -2.32. The molecule has 0 atom stereocenters. The van der Waals surface area contributed by atoms with Crippen LogP contribution in [-0.2, 0) is 0 Å². The molecule has 0 spiro atoms. The fraction of sp³-hybridized carbons (Fsp3) is 0.400. The highest BCUT2D eigenvalue weighted by Crippen LogP contribution is 2.23. The van der Waals surface area contributed by atoms with Gasteiger partial charge in [-0.1, -0.05) is 12.2 Å². The maximum atomic E-state index is 12.3. The SMILES string of the molecule is C=C(C)CN(CC)C(=O)c1ccc(OCC)c(N)c1. The summed E-state index contributed by atoms with van der Waals surface area (Å²) in [5.41, 5.74) is 7.89. The van der Waals surface area contributed by atoms with Crippen molar-refractivity contribution in [2.75, 3.05) is 25.4 Å². The first-order valence-electron chi connectivity index (χ1n) is 6.45. The maximum absolute atomic E-state index is 12.3. The predicted octanol–water partition coefficient (Wildman–Crippen LogP) is 2.71. The number of ether oxygens (including phenoxy) is 1. The molecule has 2 N–H and O–H groups in total. The van der Waals surface area contributed by atoms with E-state index in [-0.39, 0.29) is 5.91 Å². The minimum Gasteiger partial charge on any atom is -0.492 e. The summed E-state index contributed by atoms with van der Waals surface area (Å²) in [4.78, 5) is 14.1. The maximum Gasteiger partial charge on any atom is 0.254 e. The molecule has 0 bridgehead atoms. The molecule has 0 aromatic heterocycles. The third kappa shape index (κ3) is 4.02. The Morgan fingerprint density at radius 3 is 2.58 bits per heavy atom. The summed E-state index contributed by atoms with van der Waals surface area (Å²) in [5.74, 6) is 0.572. The van der Waals surface area contributed by atoms with E-state index in [1.54, 1.807) is 23.1 Å². The van der Waals surface area contributed by atoms with Gasteiger partial charge >= 0.3 is 0 Å². The Bertz CT molecular complexity index is 469. The van der Waals surface area contributed by atoms with Gasteiger partial charge in [-0.05, 0) is 39.0 Å². The number of amides is 1. The zero-order chi connectivity index (χ0) is 14.4. The number of nitrogens with two attached hydrogens (primary N) is 1. The summed E-state index contributed by atoms with van der Waals surface area (Å²) in [6.07, 6.45) is 0. The Hall–Kier alpha value is -1.97. The largest absolute Gasteiger partial charge is 0.492 e. The third-order valence-electron chi connectivity index (χ3n) is 2.69. The van der Waals surface area contributed by atoms with Crippen LogP contribution in [0.1, 0.15) is 31.1 Å². The number of likely N-dealkylation sites (N-methyl/N-ethyl adjacent to an activating group) is 1. The van der Waals surface area contributed by atoms with Crippen LogP contribution in [-0.4, -0.2) is 30.5 Å². The summed E-state index contributed by atoms with van der Waals surface area (Å²) in [5, 5.41) is 0. The van der Waals surface area contributed by atoms with E-state index in [4.69, 9.17) is 10.5 Å². The second-order valence-electron chi connectivity index (χ2n) is 4.46. The van der Waals surface area contributed by atoms with Crippen molar-refractivity contribution in [3.05, 3.63) is 35.9 Å². The van der Waals surface area contributed by atoms with Gasteiger partial charge in [-0.3, -0.25) is 4.79 Å². The molecule has 0 aliphatic rings. The van der Waals surface area contributed by atoms with Crippen LogP contribution >= 0.6 is 0 Å². The normalized spacial score (nSPS) is 10.1. The molecule has 0 aliphatic heterocycles. The molecular formula is C15H22N2O2. The number of anilines is 1. The molecule has 0 radical (unpaired) electrons. The number of rotatable bonds is 6. The zero-order valence-corrected chi connectivity index (χ0v) is 11.9. The molecule has 0 aliphatic carbocycles. The van der Waals surface area contributed by atoms with E-state index in [2.05, 4.69) is 6.58 Å². The van der Waals surface area contributed by atoms with Gasteiger partial charge in [0.25, 0.3) is 5.91 Å². The monoisotopic (exact) mass is 262 g/mol. The van der Waals surface area contributed by atoms with Gasteiger partial charge in [0, 0.05) is 18.7 Å². The highest BCUT2D eigenvalue weighted by atomic mass is 16.5. The highest BCUT2D eigenvalue weighted by Gasteiger charge is 2.15. The van der Waals surface area contributed by atoms with Gasteiger partial charge in [-0.25, -0.2) is 0 Å². The van der Waals surface area contributed by atoms with Crippen molar-refractivity contribution >= 4 is 11.6 Å². The van der Waals surface area contributed by atoms with E-state index in [0.717, 1.165) is 5.57 Å². The lowest BCUT2D eigenvalue weighted by molar-refractivity contribution is 0.0778. The van der Waals surface area contributed by atoms with E-state index in [1.165, 1.54) is 0 Å². The fourth-order valence-corrected chi connectivity index (χ4v) is 1.80. The Balaban J connectivity index is 2.92. The number of carbonyl (C=O) groups excluding carboxylic acids is 1. The van der Waals surface area contributed by atoms with E-state index in [0.29, 0.717) is 36.7 Å². The number of carbonyl (C=O) groups is 1. The Kier molecular flexibility index (Phi) is 5.42. The van der Waals surface area contributed by atoms with Crippen LogP contribution in [0.15, 0.2) is 30.4 Å². The third-order valence-corrected chi connectivity index (χ3v) is 2.69. The molecule has 1 aromatic carbocycles. The number of benzene rings is 1. The summed E-state index contributed by atoms with van der Waals surface area (Å²) in [6, 6.07) is 5.14. The minimum atomic E-state index is -0.0414. The molecule has 1 amide bonds. The van der Waals surface area contributed by atoms with Crippen molar-refractivity contribution in [1.82, 2.24) is 4.90 Å². The molecule has 4 nitrogen and oxygen atoms in total. The van der Waals surface area contributed by atoms with Crippen LogP contribution in [0.2, 0.25) is 0 Å². The molecule has 1 rings (SSSR count). The zero-order valence-electron chi connectivity index (χ0n) is 11.9. The van der Waals surface area contributed by atoms with Crippen molar-refractivity contribution in [3.63, 3.8) is 0 Å². The molecular weight excluding hydrogens is 240 g/mol. The first kappa shape index (κ1) is 15.1. The number of hydrogen-bond donors (Lipinski definition) is 1. The summed E-state index contributed by atoms with van der Waals surface area (Å²) in [7, 11) is 0. The molecule has 0 heterocycles.